The van der Waals surface area contributed by atoms with Gasteiger partial charge in [0.1, 0.15) is 0 Å². The van der Waals surface area contributed by atoms with E-state index in [-0.39, 0.29) is 4.87 Å². The van der Waals surface area contributed by atoms with Crippen molar-refractivity contribution in [1.82, 2.24) is 5.32 Å². The summed E-state index contributed by atoms with van der Waals surface area (Å²) < 4.78 is 0. The Labute approximate surface area is 67.5 Å². The number of alkyl halides is 1. The summed E-state index contributed by atoms with van der Waals surface area (Å²) in [7, 11) is 0. The summed E-state index contributed by atoms with van der Waals surface area (Å²) in [6.45, 7) is 8.98. The summed E-state index contributed by atoms with van der Waals surface area (Å²) in [6, 6.07) is 0.389. The number of halogens is 1. The zero-order valence-corrected chi connectivity index (χ0v) is 7.33. The van der Waals surface area contributed by atoms with Gasteiger partial charge in [-0.1, -0.05) is 12.2 Å². The van der Waals surface area contributed by atoms with Crippen molar-refractivity contribution >= 4 is 11.6 Å². The Morgan fingerprint density at radius 3 is 2.80 bits per heavy atom. The van der Waals surface area contributed by atoms with E-state index in [9.17, 15) is 0 Å². The molecule has 0 radical (unpaired) electrons. The Balaban J connectivity index is 2.63. The highest BCUT2D eigenvalue weighted by molar-refractivity contribution is 6.24. The molecule has 1 nitrogen and oxygen atoms in total. The molecule has 0 aromatic rings. The topological polar surface area (TPSA) is 12.0 Å². The maximum absolute atomic E-state index is 6.19. The summed E-state index contributed by atoms with van der Waals surface area (Å²) in [5.41, 5.74) is 1.20. The highest BCUT2D eigenvalue weighted by Crippen LogP contribution is 2.29. The van der Waals surface area contributed by atoms with Crippen LogP contribution in [0.1, 0.15) is 20.3 Å². The molecule has 0 saturated carbocycles. The third-order valence-corrected chi connectivity index (χ3v) is 2.62. The highest BCUT2D eigenvalue weighted by Gasteiger charge is 2.32. The van der Waals surface area contributed by atoms with Crippen LogP contribution < -0.4 is 5.32 Å². The third-order valence-electron chi connectivity index (χ3n) is 2.16. The van der Waals surface area contributed by atoms with E-state index in [1.165, 1.54) is 5.57 Å². The van der Waals surface area contributed by atoms with Crippen LogP contribution in [-0.2, 0) is 0 Å². The molecular formula is C8H14ClN. The van der Waals surface area contributed by atoms with Gasteiger partial charge in [-0.3, -0.25) is 0 Å². The smallest absolute Gasteiger partial charge is 0.0606 e. The lowest BCUT2D eigenvalue weighted by atomic mass is 9.90. The molecule has 0 spiro atoms. The Morgan fingerprint density at radius 1 is 1.80 bits per heavy atom. The van der Waals surface area contributed by atoms with E-state index < -0.39 is 0 Å². The monoisotopic (exact) mass is 159 g/mol. The van der Waals surface area contributed by atoms with E-state index >= 15 is 0 Å². The Kier molecular flexibility index (Phi) is 2.07. The molecule has 0 amide bonds. The van der Waals surface area contributed by atoms with Gasteiger partial charge in [-0.25, -0.2) is 0 Å². The first-order chi connectivity index (χ1) is 4.52. The molecule has 2 heteroatoms. The molecule has 0 bridgehead atoms. The van der Waals surface area contributed by atoms with E-state index in [0.29, 0.717) is 6.04 Å². The number of hydrogen-bond donors (Lipinski definition) is 1. The van der Waals surface area contributed by atoms with Crippen molar-refractivity contribution in [1.29, 1.82) is 0 Å². The molecule has 1 saturated heterocycles. The molecular weight excluding hydrogens is 146 g/mol. The second-order valence-electron chi connectivity index (χ2n) is 3.31. The first-order valence-electron chi connectivity index (χ1n) is 3.61. The van der Waals surface area contributed by atoms with Crippen LogP contribution in [-0.4, -0.2) is 17.5 Å². The molecule has 2 atom stereocenters. The second kappa shape index (κ2) is 2.55. The van der Waals surface area contributed by atoms with E-state index in [0.717, 1.165) is 13.0 Å². The maximum Gasteiger partial charge on any atom is 0.0606 e. The van der Waals surface area contributed by atoms with Crippen molar-refractivity contribution < 1.29 is 0 Å². The molecule has 0 aromatic carbocycles. The van der Waals surface area contributed by atoms with Crippen molar-refractivity contribution in [3.8, 4) is 0 Å². The fourth-order valence-corrected chi connectivity index (χ4v) is 1.48. The summed E-state index contributed by atoms with van der Waals surface area (Å²) in [5, 5.41) is 3.29. The zero-order chi connectivity index (χ0) is 7.78. The molecule has 1 aliphatic rings. The molecule has 58 valence electrons. The summed E-state index contributed by atoms with van der Waals surface area (Å²) >= 11 is 6.19. The number of hydrogen-bond acceptors (Lipinski definition) is 1. The highest BCUT2D eigenvalue weighted by atomic mass is 35.5. The first kappa shape index (κ1) is 8.09. The molecule has 1 heterocycles. The van der Waals surface area contributed by atoms with Crippen molar-refractivity contribution in [2.45, 2.75) is 31.2 Å². The van der Waals surface area contributed by atoms with Crippen LogP contribution in [0, 0.1) is 0 Å². The van der Waals surface area contributed by atoms with Gasteiger partial charge in [0.25, 0.3) is 0 Å². The summed E-state index contributed by atoms with van der Waals surface area (Å²) in [4.78, 5) is -0.130. The number of rotatable bonds is 0. The van der Waals surface area contributed by atoms with Gasteiger partial charge in [-0.2, -0.15) is 0 Å². The fourth-order valence-electron chi connectivity index (χ4n) is 1.21. The fraction of sp³-hybridized carbons (Fsp3) is 0.750. The summed E-state index contributed by atoms with van der Waals surface area (Å²) in [5.74, 6) is 0. The quantitative estimate of drug-likeness (QED) is 0.421. The average Bonchev–Trinajstić information content (AvgIpc) is 1.78. The van der Waals surface area contributed by atoms with E-state index in [4.69, 9.17) is 11.6 Å². The van der Waals surface area contributed by atoms with Gasteiger partial charge in [0, 0.05) is 12.6 Å². The van der Waals surface area contributed by atoms with Crippen LogP contribution in [0.25, 0.3) is 0 Å². The van der Waals surface area contributed by atoms with Crippen LogP contribution in [0.5, 0.6) is 0 Å². The van der Waals surface area contributed by atoms with E-state index in [2.05, 4.69) is 25.7 Å². The zero-order valence-electron chi connectivity index (χ0n) is 6.58. The molecule has 0 aliphatic carbocycles. The lowest BCUT2D eigenvalue weighted by Gasteiger charge is -2.36. The predicted octanol–water partition coefficient (Wildman–Crippen LogP) is 1.92. The Hall–Kier alpha value is -0.0100. The van der Waals surface area contributed by atoms with Crippen LogP contribution in [0.2, 0.25) is 0 Å². The maximum atomic E-state index is 6.19. The SMILES string of the molecule is C=C1CN[C@@H](C)[C@@](C)(Cl)C1. The summed E-state index contributed by atoms with van der Waals surface area (Å²) in [6.07, 6.45) is 0.933. The Morgan fingerprint density at radius 2 is 2.40 bits per heavy atom. The van der Waals surface area contributed by atoms with Crippen molar-refractivity contribution in [3.63, 3.8) is 0 Å². The minimum atomic E-state index is -0.130. The minimum absolute atomic E-state index is 0.130. The van der Waals surface area contributed by atoms with Crippen molar-refractivity contribution in [3.05, 3.63) is 12.2 Å². The Bertz CT molecular complexity index is 151. The standard InChI is InChI=1S/C8H14ClN/c1-6-4-8(3,9)7(2)10-5-6/h7,10H,1,4-5H2,2-3H3/t7-,8-/m0/s1. The molecule has 0 aromatic heterocycles. The van der Waals surface area contributed by atoms with Gasteiger partial charge >= 0.3 is 0 Å². The van der Waals surface area contributed by atoms with Gasteiger partial charge in [-0.15, -0.1) is 11.6 Å². The van der Waals surface area contributed by atoms with E-state index in [1.807, 2.05) is 0 Å². The predicted molar refractivity (Wildman–Crippen MR) is 45.5 cm³/mol. The van der Waals surface area contributed by atoms with Crippen molar-refractivity contribution in [2.24, 2.45) is 0 Å². The van der Waals surface area contributed by atoms with Gasteiger partial charge in [0.15, 0.2) is 0 Å². The second-order valence-corrected chi connectivity index (χ2v) is 4.17. The van der Waals surface area contributed by atoms with Gasteiger partial charge in [0.2, 0.25) is 0 Å². The lowest BCUT2D eigenvalue weighted by molar-refractivity contribution is 0.397. The van der Waals surface area contributed by atoms with Crippen molar-refractivity contribution in [2.75, 3.05) is 6.54 Å². The largest absolute Gasteiger partial charge is 0.309 e. The average molecular weight is 160 g/mol. The molecule has 1 rings (SSSR count). The van der Waals surface area contributed by atoms with Crippen LogP contribution in [0.15, 0.2) is 12.2 Å². The molecule has 1 fully saturated rings. The van der Waals surface area contributed by atoms with Crippen LogP contribution in [0.3, 0.4) is 0 Å². The third kappa shape index (κ3) is 1.53. The minimum Gasteiger partial charge on any atom is -0.309 e. The molecule has 10 heavy (non-hydrogen) atoms. The van der Waals surface area contributed by atoms with Gasteiger partial charge in [0.05, 0.1) is 4.87 Å². The van der Waals surface area contributed by atoms with Gasteiger partial charge in [-0.05, 0) is 20.3 Å². The van der Waals surface area contributed by atoms with Gasteiger partial charge < -0.3 is 5.32 Å². The normalized spacial score (nSPS) is 41.9. The van der Waals surface area contributed by atoms with Crippen LogP contribution in [0.4, 0.5) is 0 Å². The number of piperidine rings is 1. The molecule has 1 N–H and O–H groups in total. The first-order valence-corrected chi connectivity index (χ1v) is 3.99. The number of nitrogens with one attached hydrogen (secondary N) is 1. The molecule has 0 unspecified atom stereocenters. The van der Waals surface area contributed by atoms with E-state index in [1.54, 1.807) is 0 Å². The van der Waals surface area contributed by atoms with Crippen LogP contribution >= 0.6 is 11.6 Å². The molecule has 1 aliphatic heterocycles. The lowest BCUT2D eigenvalue weighted by Crippen LogP contribution is -2.48.